The Balaban J connectivity index is 2.10. The van der Waals surface area contributed by atoms with E-state index in [1.54, 1.807) is 12.4 Å². The van der Waals surface area contributed by atoms with E-state index in [-0.39, 0.29) is 0 Å². The Morgan fingerprint density at radius 1 is 1.40 bits per heavy atom. The average Bonchev–Trinajstić information content (AvgIpc) is 2.30. The Hall–Kier alpha value is -1.42. The molecule has 0 amide bonds. The van der Waals surface area contributed by atoms with E-state index in [0.29, 0.717) is 6.54 Å². The van der Waals surface area contributed by atoms with E-state index in [1.165, 1.54) is 5.57 Å². The van der Waals surface area contributed by atoms with Gasteiger partial charge in [-0.2, -0.15) is 0 Å². The summed E-state index contributed by atoms with van der Waals surface area (Å²) in [6.45, 7) is 4.58. The van der Waals surface area contributed by atoms with Gasteiger partial charge in [-0.05, 0) is 13.3 Å². The summed E-state index contributed by atoms with van der Waals surface area (Å²) in [7, 11) is 0. The van der Waals surface area contributed by atoms with E-state index in [4.69, 9.17) is 5.73 Å². The van der Waals surface area contributed by atoms with Crippen LogP contribution in [0.2, 0.25) is 0 Å². The highest BCUT2D eigenvalue weighted by Gasteiger charge is 2.11. The lowest BCUT2D eigenvalue weighted by molar-refractivity contribution is 0.769. The molecule has 1 aromatic heterocycles. The molecule has 2 heterocycles. The van der Waals surface area contributed by atoms with Gasteiger partial charge in [-0.25, -0.2) is 4.98 Å². The Bertz CT molecular complexity index is 355. The molecule has 1 aromatic rings. The predicted molar refractivity (Wildman–Crippen MR) is 60.5 cm³/mol. The highest BCUT2D eigenvalue weighted by Crippen LogP contribution is 2.15. The number of nitrogens with zero attached hydrogens (tertiary/aromatic N) is 3. The number of anilines is 1. The van der Waals surface area contributed by atoms with Crippen molar-refractivity contribution < 1.29 is 0 Å². The summed E-state index contributed by atoms with van der Waals surface area (Å²) in [5, 5.41) is 0. The molecule has 0 atom stereocenters. The second-order valence-electron chi connectivity index (χ2n) is 3.82. The van der Waals surface area contributed by atoms with Gasteiger partial charge in [0.2, 0.25) is 0 Å². The lowest BCUT2D eigenvalue weighted by Crippen LogP contribution is -2.29. The van der Waals surface area contributed by atoms with Gasteiger partial charge in [0.25, 0.3) is 0 Å². The molecule has 15 heavy (non-hydrogen) atoms. The largest absolute Gasteiger partial charge is 0.351 e. The van der Waals surface area contributed by atoms with Crippen molar-refractivity contribution in [2.45, 2.75) is 19.9 Å². The lowest BCUT2D eigenvalue weighted by Gasteiger charge is -2.26. The van der Waals surface area contributed by atoms with Crippen molar-refractivity contribution in [3.8, 4) is 0 Å². The van der Waals surface area contributed by atoms with E-state index in [1.807, 2.05) is 0 Å². The highest BCUT2D eigenvalue weighted by molar-refractivity contribution is 5.38. The molecule has 0 aromatic carbocycles. The van der Waals surface area contributed by atoms with E-state index in [2.05, 4.69) is 27.9 Å². The quantitative estimate of drug-likeness (QED) is 0.733. The fourth-order valence-electron chi connectivity index (χ4n) is 1.60. The average molecular weight is 204 g/mol. The van der Waals surface area contributed by atoms with Crippen LogP contribution in [0.3, 0.4) is 0 Å². The number of hydrogen-bond acceptors (Lipinski definition) is 4. The third-order valence-electron chi connectivity index (χ3n) is 2.66. The Kier molecular flexibility index (Phi) is 2.97. The van der Waals surface area contributed by atoms with Crippen LogP contribution in [0, 0.1) is 0 Å². The van der Waals surface area contributed by atoms with Crippen LogP contribution < -0.4 is 10.6 Å². The summed E-state index contributed by atoms with van der Waals surface area (Å²) >= 11 is 0. The zero-order chi connectivity index (χ0) is 10.7. The summed E-state index contributed by atoms with van der Waals surface area (Å²) in [5.41, 5.74) is 7.76. The van der Waals surface area contributed by atoms with Crippen LogP contribution in [0.5, 0.6) is 0 Å². The number of nitrogens with two attached hydrogens (primary N) is 1. The zero-order valence-electron chi connectivity index (χ0n) is 8.98. The molecule has 2 N–H and O–H groups in total. The van der Waals surface area contributed by atoms with Crippen molar-refractivity contribution in [3.63, 3.8) is 0 Å². The Labute approximate surface area is 89.8 Å². The minimum absolute atomic E-state index is 0.451. The van der Waals surface area contributed by atoms with Crippen LogP contribution in [-0.2, 0) is 6.54 Å². The molecule has 0 fully saturated rings. The molecule has 0 unspecified atom stereocenters. The molecule has 0 saturated heterocycles. The van der Waals surface area contributed by atoms with Crippen LogP contribution in [0.4, 0.5) is 5.82 Å². The van der Waals surface area contributed by atoms with Gasteiger partial charge in [0, 0.05) is 19.6 Å². The number of aromatic nitrogens is 2. The van der Waals surface area contributed by atoms with Crippen LogP contribution in [0.25, 0.3) is 0 Å². The predicted octanol–water partition coefficient (Wildman–Crippen LogP) is 1.09. The van der Waals surface area contributed by atoms with Gasteiger partial charge in [-0.3, -0.25) is 4.98 Å². The Morgan fingerprint density at radius 2 is 2.27 bits per heavy atom. The topological polar surface area (TPSA) is 55.0 Å². The first-order valence-corrected chi connectivity index (χ1v) is 5.21. The third-order valence-corrected chi connectivity index (χ3v) is 2.66. The SMILES string of the molecule is CC1=CCN(c2cnc(CN)cn2)CC1. The Morgan fingerprint density at radius 3 is 2.80 bits per heavy atom. The molecule has 1 aliphatic rings. The van der Waals surface area contributed by atoms with Crippen molar-refractivity contribution in [3.05, 3.63) is 29.7 Å². The monoisotopic (exact) mass is 204 g/mol. The van der Waals surface area contributed by atoms with Crippen molar-refractivity contribution in [1.82, 2.24) is 9.97 Å². The minimum Gasteiger partial charge on any atom is -0.351 e. The first kappa shape index (κ1) is 10.1. The molecule has 0 aliphatic carbocycles. The fraction of sp³-hybridized carbons (Fsp3) is 0.455. The molecule has 0 radical (unpaired) electrons. The molecular formula is C11H16N4. The van der Waals surface area contributed by atoms with Gasteiger partial charge in [-0.15, -0.1) is 0 Å². The maximum atomic E-state index is 5.47. The summed E-state index contributed by atoms with van der Waals surface area (Å²) in [6, 6.07) is 0. The molecule has 1 aliphatic heterocycles. The van der Waals surface area contributed by atoms with Crippen LogP contribution >= 0.6 is 0 Å². The zero-order valence-corrected chi connectivity index (χ0v) is 8.98. The van der Waals surface area contributed by atoms with Crippen molar-refractivity contribution in [1.29, 1.82) is 0 Å². The molecule has 80 valence electrons. The summed E-state index contributed by atoms with van der Waals surface area (Å²) in [6.07, 6.45) is 6.90. The minimum atomic E-state index is 0.451. The maximum Gasteiger partial charge on any atom is 0.147 e. The lowest BCUT2D eigenvalue weighted by atomic mass is 10.1. The van der Waals surface area contributed by atoms with E-state index in [9.17, 15) is 0 Å². The molecule has 2 rings (SSSR count). The van der Waals surface area contributed by atoms with Gasteiger partial charge in [0.15, 0.2) is 0 Å². The summed E-state index contributed by atoms with van der Waals surface area (Å²) in [5.74, 6) is 0.941. The smallest absolute Gasteiger partial charge is 0.147 e. The number of rotatable bonds is 2. The normalized spacial score (nSPS) is 16.4. The van der Waals surface area contributed by atoms with Gasteiger partial charge < -0.3 is 10.6 Å². The van der Waals surface area contributed by atoms with Gasteiger partial charge in [0.1, 0.15) is 5.82 Å². The van der Waals surface area contributed by atoms with Crippen LogP contribution in [0.1, 0.15) is 19.0 Å². The standard InChI is InChI=1S/C11H16N4/c1-9-2-4-15(5-3-9)11-8-13-10(6-12)7-14-11/h2,7-8H,3-6,12H2,1H3. The first-order chi connectivity index (χ1) is 7.29. The van der Waals surface area contributed by atoms with E-state index in [0.717, 1.165) is 31.0 Å². The summed E-state index contributed by atoms with van der Waals surface area (Å²) in [4.78, 5) is 10.8. The molecule has 4 heteroatoms. The van der Waals surface area contributed by atoms with E-state index < -0.39 is 0 Å². The van der Waals surface area contributed by atoms with Crippen LogP contribution in [-0.4, -0.2) is 23.1 Å². The molecule has 0 bridgehead atoms. The van der Waals surface area contributed by atoms with Crippen molar-refractivity contribution >= 4 is 5.82 Å². The number of hydrogen-bond donors (Lipinski definition) is 1. The second-order valence-corrected chi connectivity index (χ2v) is 3.82. The van der Waals surface area contributed by atoms with Gasteiger partial charge in [-0.1, -0.05) is 11.6 Å². The van der Waals surface area contributed by atoms with E-state index >= 15 is 0 Å². The third kappa shape index (κ3) is 2.33. The maximum absolute atomic E-state index is 5.47. The van der Waals surface area contributed by atoms with Gasteiger partial charge >= 0.3 is 0 Å². The van der Waals surface area contributed by atoms with Crippen LogP contribution in [0.15, 0.2) is 24.0 Å². The molecule has 0 spiro atoms. The first-order valence-electron chi connectivity index (χ1n) is 5.21. The van der Waals surface area contributed by atoms with Crippen molar-refractivity contribution in [2.24, 2.45) is 5.73 Å². The second kappa shape index (κ2) is 4.40. The molecule has 4 nitrogen and oxygen atoms in total. The summed E-state index contributed by atoms with van der Waals surface area (Å²) < 4.78 is 0. The highest BCUT2D eigenvalue weighted by atomic mass is 15.2. The van der Waals surface area contributed by atoms with Crippen molar-refractivity contribution in [2.75, 3.05) is 18.0 Å². The van der Waals surface area contributed by atoms with Gasteiger partial charge in [0.05, 0.1) is 18.1 Å². The fourth-order valence-corrected chi connectivity index (χ4v) is 1.60. The molecular weight excluding hydrogens is 188 g/mol. The molecule has 0 saturated carbocycles.